The number of carbonyl (C=O) groups is 4. The average molecular weight is 933 g/mol. The number of hydrogen-bond acceptors (Lipinski definition) is 18. The molecule has 2 saturated heterocycles. The highest BCUT2D eigenvalue weighted by atomic mass is 31.2. The van der Waals surface area contributed by atoms with E-state index in [1.165, 1.54) is 31.7 Å². The number of esters is 2. The SMILES string of the molecule is CC(=O)CCC(=O)OCc1ccc([N+](=O)[O-])cc1C(=O)OC[C@H]1O[C@@H](n2cnc3c(NC(=O)c4ccccc4)ncnc32)[C@H](OC2CCCCO2)[C@@H]1OP(OCCC#N)N(C(C)C)C(C)C. The van der Waals surface area contributed by atoms with Crippen LogP contribution in [0.25, 0.3) is 11.2 Å². The summed E-state index contributed by atoms with van der Waals surface area (Å²) in [5, 5.41) is 24.1. The Morgan fingerprint density at radius 3 is 2.48 bits per heavy atom. The summed E-state index contributed by atoms with van der Waals surface area (Å²) in [5.74, 6) is -2.19. The molecular formula is C44H53N8O13P. The number of non-ortho nitro benzene ring substituents is 1. The number of nitrogens with one attached hydrogen (secondary N) is 1. The zero-order valence-electron chi connectivity index (χ0n) is 37.3. The predicted molar refractivity (Wildman–Crippen MR) is 235 cm³/mol. The third-order valence-electron chi connectivity index (χ3n) is 10.5. The van der Waals surface area contributed by atoms with Crippen LogP contribution in [-0.2, 0) is 48.9 Å². The van der Waals surface area contributed by atoms with Gasteiger partial charge in [-0.3, -0.25) is 24.3 Å². The fraction of sp³-hybridized carbons (Fsp3) is 0.500. The Morgan fingerprint density at radius 1 is 1.03 bits per heavy atom. The molecule has 0 spiro atoms. The van der Waals surface area contributed by atoms with Gasteiger partial charge >= 0.3 is 11.9 Å². The van der Waals surface area contributed by atoms with Crippen LogP contribution in [0.15, 0.2) is 61.2 Å². The van der Waals surface area contributed by atoms with Gasteiger partial charge in [0.05, 0.1) is 42.3 Å². The minimum atomic E-state index is -1.96. The lowest BCUT2D eigenvalue weighted by molar-refractivity contribution is -0.384. The van der Waals surface area contributed by atoms with Crippen molar-refractivity contribution in [2.45, 2.75) is 123 Å². The normalized spacial score (nSPS) is 20.0. The second-order valence-corrected chi connectivity index (χ2v) is 17.4. The largest absolute Gasteiger partial charge is 0.461 e. The van der Waals surface area contributed by atoms with Crippen LogP contribution in [0, 0.1) is 21.4 Å². The molecule has 22 heteroatoms. The van der Waals surface area contributed by atoms with E-state index in [1.54, 1.807) is 34.9 Å². The first-order valence-corrected chi connectivity index (χ1v) is 22.7. The Morgan fingerprint density at radius 2 is 1.80 bits per heavy atom. The van der Waals surface area contributed by atoms with E-state index in [0.717, 1.165) is 18.9 Å². The lowest BCUT2D eigenvalue weighted by Gasteiger charge is -2.38. The summed E-state index contributed by atoms with van der Waals surface area (Å²) in [7, 11) is -1.96. The number of nitro benzene ring substituents is 1. The zero-order valence-corrected chi connectivity index (χ0v) is 38.2. The maximum atomic E-state index is 14.1. The summed E-state index contributed by atoms with van der Waals surface area (Å²) < 4.78 is 47.7. The van der Waals surface area contributed by atoms with Crippen LogP contribution in [0.5, 0.6) is 0 Å². The van der Waals surface area contributed by atoms with E-state index in [0.29, 0.717) is 18.6 Å². The summed E-state index contributed by atoms with van der Waals surface area (Å²) in [4.78, 5) is 75.7. The summed E-state index contributed by atoms with van der Waals surface area (Å²) >= 11 is 0. The molecule has 66 heavy (non-hydrogen) atoms. The molecule has 0 bridgehead atoms. The number of nitrogens with zero attached hydrogens (tertiary/aromatic N) is 7. The maximum Gasteiger partial charge on any atom is 0.338 e. The number of imidazole rings is 1. The number of fused-ring (bicyclic) bond motifs is 1. The number of hydrogen-bond donors (Lipinski definition) is 1. The third kappa shape index (κ3) is 12.7. The van der Waals surface area contributed by atoms with E-state index in [-0.39, 0.29) is 71.8 Å². The van der Waals surface area contributed by atoms with Gasteiger partial charge in [-0.2, -0.15) is 5.26 Å². The van der Waals surface area contributed by atoms with E-state index >= 15 is 0 Å². The summed E-state index contributed by atoms with van der Waals surface area (Å²) in [5.41, 5.74) is 0.352. The number of rotatable bonds is 22. The van der Waals surface area contributed by atoms with Crippen molar-refractivity contribution in [1.29, 1.82) is 5.26 Å². The zero-order chi connectivity index (χ0) is 47.3. The van der Waals surface area contributed by atoms with Crippen molar-refractivity contribution in [3.8, 4) is 6.07 Å². The molecule has 2 aromatic heterocycles. The number of ketones is 1. The van der Waals surface area contributed by atoms with Gasteiger partial charge in [0.25, 0.3) is 20.1 Å². The van der Waals surface area contributed by atoms with E-state index < -0.39 is 81.0 Å². The maximum absolute atomic E-state index is 14.1. The van der Waals surface area contributed by atoms with Gasteiger partial charge in [0.2, 0.25) is 0 Å². The van der Waals surface area contributed by atoms with Gasteiger partial charge in [0.1, 0.15) is 43.6 Å². The Bertz CT molecular complexity index is 2360. The minimum absolute atomic E-state index is 0.0390. The molecule has 1 N–H and O–H groups in total. The van der Waals surface area contributed by atoms with Crippen molar-refractivity contribution >= 4 is 54.8 Å². The average Bonchev–Trinajstić information content (AvgIpc) is 3.88. The van der Waals surface area contributed by atoms with Crippen molar-refractivity contribution in [3.05, 3.63) is 88.0 Å². The fourth-order valence-corrected chi connectivity index (χ4v) is 9.14. The quantitative estimate of drug-likeness (QED) is 0.0282. The number of anilines is 1. The summed E-state index contributed by atoms with van der Waals surface area (Å²) in [6.45, 7) is 8.82. The first-order chi connectivity index (χ1) is 31.7. The van der Waals surface area contributed by atoms with Crippen LogP contribution in [0.4, 0.5) is 11.5 Å². The lowest BCUT2D eigenvalue weighted by Crippen LogP contribution is -2.43. The van der Waals surface area contributed by atoms with Crippen molar-refractivity contribution in [2.75, 3.05) is 25.1 Å². The molecule has 4 heterocycles. The molecule has 1 amide bonds. The smallest absolute Gasteiger partial charge is 0.338 e. The molecule has 2 aliphatic rings. The second-order valence-electron chi connectivity index (χ2n) is 16.0. The van der Waals surface area contributed by atoms with Crippen LogP contribution < -0.4 is 5.32 Å². The van der Waals surface area contributed by atoms with Crippen LogP contribution >= 0.6 is 8.53 Å². The van der Waals surface area contributed by atoms with Gasteiger partial charge in [-0.1, -0.05) is 18.2 Å². The number of amides is 1. The summed E-state index contributed by atoms with van der Waals surface area (Å²) in [6, 6.07) is 14.0. The van der Waals surface area contributed by atoms with Crippen LogP contribution in [0.1, 0.15) is 106 Å². The van der Waals surface area contributed by atoms with Gasteiger partial charge in [-0.25, -0.2) is 24.4 Å². The lowest BCUT2D eigenvalue weighted by atomic mass is 10.1. The molecule has 4 aromatic rings. The molecule has 0 radical (unpaired) electrons. The molecule has 0 aliphatic carbocycles. The highest BCUT2D eigenvalue weighted by Crippen LogP contribution is 2.51. The number of benzene rings is 2. The first kappa shape index (κ1) is 49.6. The Labute approximate surface area is 382 Å². The number of Topliss-reactive ketones (excluding diaryl/α,β-unsaturated/α-hetero) is 1. The van der Waals surface area contributed by atoms with Gasteiger partial charge in [-0.15, -0.1) is 0 Å². The van der Waals surface area contributed by atoms with Crippen molar-refractivity contribution in [3.63, 3.8) is 0 Å². The van der Waals surface area contributed by atoms with Crippen molar-refractivity contribution < 1.29 is 56.8 Å². The minimum Gasteiger partial charge on any atom is -0.461 e. The van der Waals surface area contributed by atoms with Crippen LogP contribution in [-0.4, -0.2) is 109 Å². The van der Waals surface area contributed by atoms with Gasteiger partial charge in [-0.05, 0) is 72.1 Å². The number of nitriles is 1. The molecule has 352 valence electrons. The van der Waals surface area contributed by atoms with Gasteiger partial charge in [0.15, 0.2) is 29.5 Å². The third-order valence-corrected chi connectivity index (χ3v) is 12.6. The standard InChI is InChI=1S/C44H53N8O13P/c1-27(2)51(28(3)4)66(62-21-11-19-45)65-38-34(24-61-44(56)33-22-32(52(57)58)17-16-31(33)23-60-35(54)18-15-29(5)53)63-43(39(38)64-36-14-9-10-20-59-36)50-26-48-37-40(46-25-47-41(37)50)49-42(55)30-12-7-6-8-13-30/h6-8,12-13,16-17,22,25-28,34,36,38-39,43H,9-11,14-15,18,20-21,23-24H2,1-5H3,(H,46,47,49,55)/t34-,36?,38-,39-,43-,66?/m1/s1. The molecular weight excluding hydrogens is 880 g/mol. The highest BCUT2D eigenvalue weighted by molar-refractivity contribution is 7.44. The molecule has 2 fully saturated rings. The van der Waals surface area contributed by atoms with Gasteiger partial charge < -0.3 is 42.8 Å². The monoisotopic (exact) mass is 932 g/mol. The first-order valence-electron chi connectivity index (χ1n) is 21.6. The molecule has 2 aromatic carbocycles. The van der Waals surface area contributed by atoms with E-state index in [1.807, 2.05) is 32.4 Å². The molecule has 21 nitrogen and oxygen atoms in total. The number of nitro groups is 1. The topological polar surface area (TPSA) is 259 Å². The van der Waals surface area contributed by atoms with Gasteiger partial charge in [0, 0.05) is 48.4 Å². The Hall–Kier alpha value is -5.85. The molecule has 6 atom stereocenters. The summed E-state index contributed by atoms with van der Waals surface area (Å²) in [6.07, 6.45) is -0.247. The van der Waals surface area contributed by atoms with E-state index in [2.05, 4.69) is 26.3 Å². The predicted octanol–water partition coefficient (Wildman–Crippen LogP) is 6.73. The fourth-order valence-electron chi connectivity index (χ4n) is 7.37. The molecule has 2 unspecified atom stereocenters. The second kappa shape index (κ2) is 23.6. The molecule has 2 aliphatic heterocycles. The highest BCUT2D eigenvalue weighted by Gasteiger charge is 2.52. The number of ether oxygens (including phenoxy) is 5. The molecule has 0 saturated carbocycles. The Balaban J connectivity index is 1.38. The van der Waals surface area contributed by atoms with Crippen molar-refractivity contribution in [2.24, 2.45) is 0 Å². The van der Waals surface area contributed by atoms with Crippen LogP contribution in [0.3, 0.4) is 0 Å². The van der Waals surface area contributed by atoms with Crippen LogP contribution in [0.2, 0.25) is 0 Å². The van der Waals surface area contributed by atoms with E-state index in [9.17, 15) is 34.6 Å². The van der Waals surface area contributed by atoms with Crippen molar-refractivity contribution in [1.82, 2.24) is 24.2 Å². The number of carbonyl (C=O) groups excluding carboxylic acids is 4. The van der Waals surface area contributed by atoms with E-state index in [4.69, 9.17) is 32.7 Å². The Kier molecular flexibility index (Phi) is 17.7. The number of aromatic nitrogens is 4. The molecule has 6 rings (SSSR count).